The van der Waals surface area contributed by atoms with Gasteiger partial charge in [0.05, 0.1) is 30.6 Å². The Balaban J connectivity index is 1.30. The van der Waals surface area contributed by atoms with Crippen LogP contribution in [0.1, 0.15) is 105 Å². The summed E-state index contributed by atoms with van der Waals surface area (Å²) in [5, 5.41) is 31.2. The van der Waals surface area contributed by atoms with Crippen LogP contribution < -0.4 is 31.9 Å². The van der Waals surface area contributed by atoms with Gasteiger partial charge in [-0.2, -0.15) is 11.8 Å². The number of nitrogens with zero attached hydrogens (tertiary/aromatic N) is 2. The summed E-state index contributed by atoms with van der Waals surface area (Å²) in [5.41, 5.74) is 7.16. The maximum absolute atomic E-state index is 15.5. The highest BCUT2D eigenvalue weighted by atomic mass is 32.2. The summed E-state index contributed by atoms with van der Waals surface area (Å²) in [6.45, 7) is 6.13. The molecule has 1 saturated heterocycles. The van der Waals surface area contributed by atoms with Crippen molar-refractivity contribution in [3.05, 3.63) is 101 Å². The van der Waals surface area contributed by atoms with Gasteiger partial charge in [0.1, 0.15) is 35.6 Å². The maximum Gasteiger partial charge on any atom is 0.415 e. The summed E-state index contributed by atoms with van der Waals surface area (Å²) in [7, 11) is 0. The molecule has 1 aromatic heterocycles. The summed E-state index contributed by atoms with van der Waals surface area (Å²) in [6.07, 6.45) is 5.87. The predicted octanol–water partition coefficient (Wildman–Crippen LogP) is 4.78. The first-order chi connectivity index (χ1) is 35.2. The Morgan fingerprint density at radius 2 is 1.50 bits per heavy atom. The van der Waals surface area contributed by atoms with Crippen molar-refractivity contribution in [2.24, 2.45) is 11.7 Å². The molecule has 7 amide bonds. The third-order valence-corrected chi connectivity index (χ3v) is 13.9. The number of carboxylic acids is 1. The van der Waals surface area contributed by atoms with Gasteiger partial charge in [0.15, 0.2) is 0 Å². The van der Waals surface area contributed by atoms with Crippen LogP contribution in [0.25, 0.3) is 10.9 Å². The Kier molecular flexibility index (Phi) is 19.2. The number of piperidine rings is 1. The number of nitrogens with two attached hydrogens (primary N) is 1. The van der Waals surface area contributed by atoms with Gasteiger partial charge in [-0.3, -0.25) is 33.7 Å². The number of primary amides is 1. The molecule has 21 heteroatoms. The second kappa shape index (κ2) is 25.3. The zero-order valence-corrected chi connectivity index (χ0v) is 43.1. The molecule has 1 aliphatic carbocycles. The molecule has 1 aliphatic heterocycles. The van der Waals surface area contributed by atoms with E-state index in [1.165, 1.54) is 28.8 Å². The van der Waals surface area contributed by atoms with Crippen LogP contribution in [-0.2, 0) is 39.9 Å². The third kappa shape index (κ3) is 14.2. The van der Waals surface area contributed by atoms with Crippen molar-refractivity contribution in [1.82, 2.24) is 31.2 Å². The fourth-order valence-electron chi connectivity index (χ4n) is 9.65. The van der Waals surface area contributed by atoms with Gasteiger partial charge < -0.3 is 51.8 Å². The Hall–Kier alpha value is -7.00. The summed E-state index contributed by atoms with van der Waals surface area (Å²) in [5.74, 6) is -8.19. The van der Waals surface area contributed by atoms with Crippen LogP contribution in [-0.4, -0.2) is 129 Å². The lowest BCUT2D eigenvalue weighted by atomic mass is 9.83. The van der Waals surface area contributed by atoms with E-state index in [0.29, 0.717) is 45.5 Å². The number of rotatable bonds is 21. The smallest absolute Gasteiger partial charge is 0.415 e. The summed E-state index contributed by atoms with van der Waals surface area (Å²) < 4.78 is 21.3. The average molecular weight is 1040 g/mol. The number of fused-ring (bicyclic) bond motifs is 1. The summed E-state index contributed by atoms with van der Waals surface area (Å²) in [4.78, 5) is 115. The minimum absolute atomic E-state index is 0.0371. The van der Waals surface area contributed by atoms with Crippen molar-refractivity contribution >= 4 is 75.9 Å². The summed E-state index contributed by atoms with van der Waals surface area (Å²) >= 11 is 1.35. The van der Waals surface area contributed by atoms with Gasteiger partial charge in [-0.05, 0) is 113 Å². The van der Waals surface area contributed by atoms with Crippen LogP contribution in [0.3, 0.4) is 0 Å². The number of aromatic amines is 1. The highest BCUT2D eigenvalue weighted by Gasteiger charge is 2.42. The number of carbonyl (C=O) groups excluding carboxylic acids is 7. The molecule has 2 aliphatic rings. The zero-order valence-electron chi connectivity index (χ0n) is 42.3. The lowest BCUT2D eigenvalue weighted by Gasteiger charge is -2.41. The molecule has 74 heavy (non-hydrogen) atoms. The highest BCUT2D eigenvalue weighted by molar-refractivity contribution is 7.98. The third-order valence-electron chi connectivity index (χ3n) is 13.3. The van der Waals surface area contributed by atoms with Crippen molar-refractivity contribution in [2.75, 3.05) is 30.1 Å². The molecule has 3 aromatic carbocycles. The molecule has 0 spiro atoms. The standard InChI is InChI=1S/C53H67FN8O11S/c1-30-12-10-17-37(54)44(30)50(69)61-24-11-16-36(45(61)31-19-21-34(22-20-31)62(33-13-6-7-14-33)52(72)73-53(2,3)4)46(65)60-42(29-63)49(68)58-40(26-32-28-56-38-18-9-8-15-35(32)38)47(66)59-41(27-43(55)64)48(67)57-39(51(70)71)23-25-74-5/h8-10,12,15,17-22,28,33,36,39-42,45,56,63H,6-7,11,13-14,16,23-27,29H2,1-5H3,(H2,55,64)(H,57,67)(H,58,68)(H,59,66)(H,60,65)(H,70,71)/t36-,39-,40-,41-,42-,45-/m0/s1. The summed E-state index contributed by atoms with van der Waals surface area (Å²) in [6, 6.07) is 10.9. The minimum Gasteiger partial charge on any atom is -0.480 e. The molecule has 0 unspecified atom stereocenters. The van der Waals surface area contributed by atoms with E-state index in [4.69, 9.17) is 10.5 Å². The molecule has 0 bridgehead atoms. The van der Waals surface area contributed by atoms with E-state index in [0.717, 1.165) is 25.7 Å². The molecule has 4 aromatic rings. The van der Waals surface area contributed by atoms with Crippen molar-refractivity contribution in [3.63, 3.8) is 0 Å². The molecule has 398 valence electrons. The molecule has 1 saturated carbocycles. The Bertz CT molecular complexity index is 2670. The minimum atomic E-state index is -1.69. The quantitative estimate of drug-likeness (QED) is 0.0560. The highest BCUT2D eigenvalue weighted by Crippen LogP contribution is 2.40. The number of amides is 7. The number of hydrogen-bond acceptors (Lipinski definition) is 11. The van der Waals surface area contributed by atoms with Crippen molar-refractivity contribution < 1.29 is 57.7 Å². The molecule has 6 atom stereocenters. The zero-order chi connectivity index (χ0) is 53.9. The number of aryl methyl sites for hydroxylation is 1. The van der Waals surface area contributed by atoms with E-state index in [-0.39, 0.29) is 37.4 Å². The molecular formula is C53H67FN8O11S. The first-order valence-corrected chi connectivity index (χ1v) is 26.2. The number of para-hydroxylation sites is 1. The number of ether oxygens (including phenoxy) is 1. The number of halogens is 1. The maximum atomic E-state index is 15.5. The fraction of sp³-hybridized carbons (Fsp3) is 0.472. The molecular weight excluding hydrogens is 976 g/mol. The SMILES string of the molecule is CSCC[C@H](NC(=O)[C@H](CC(N)=O)NC(=O)[C@H](Cc1c[nH]c2ccccc12)NC(=O)[C@H](CO)NC(=O)[C@H]1CCCN(C(=O)c2c(C)cccc2F)[C@H]1c1ccc(N(C(=O)OC(C)(C)C)C2CCCC2)cc1)C(=O)O. The first kappa shape index (κ1) is 56.3. The normalized spacial score (nSPS) is 17.6. The monoisotopic (exact) mass is 1040 g/mol. The topological polar surface area (TPSA) is 283 Å². The number of aliphatic carboxylic acids is 1. The van der Waals surface area contributed by atoms with E-state index in [2.05, 4.69) is 26.3 Å². The van der Waals surface area contributed by atoms with Crippen molar-refractivity contribution in [2.45, 2.75) is 127 Å². The van der Waals surface area contributed by atoms with Crippen LogP contribution in [0, 0.1) is 18.7 Å². The van der Waals surface area contributed by atoms with Gasteiger partial charge in [0, 0.05) is 41.8 Å². The number of H-pyrrole nitrogens is 1. The van der Waals surface area contributed by atoms with Crippen molar-refractivity contribution in [3.8, 4) is 0 Å². The van der Waals surface area contributed by atoms with Gasteiger partial charge in [0.2, 0.25) is 29.5 Å². The van der Waals surface area contributed by atoms with E-state index in [9.17, 15) is 48.6 Å². The Morgan fingerprint density at radius 1 is 0.851 bits per heavy atom. The number of carboxylic acid groups (broad SMARTS) is 1. The number of anilines is 1. The van der Waals surface area contributed by atoms with Gasteiger partial charge in [-0.1, -0.05) is 55.3 Å². The van der Waals surface area contributed by atoms with E-state index >= 15 is 4.39 Å². The van der Waals surface area contributed by atoms with Crippen LogP contribution in [0.5, 0.6) is 0 Å². The number of carbonyl (C=O) groups is 8. The van der Waals surface area contributed by atoms with E-state index in [1.807, 2.05) is 0 Å². The van der Waals surface area contributed by atoms with Crippen LogP contribution in [0.4, 0.5) is 14.9 Å². The molecule has 19 nitrogen and oxygen atoms in total. The Morgan fingerprint density at radius 3 is 2.14 bits per heavy atom. The van der Waals surface area contributed by atoms with Crippen LogP contribution in [0.15, 0.2) is 72.9 Å². The average Bonchev–Trinajstić information content (AvgIpc) is 4.04. The van der Waals surface area contributed by atoms with E-state index < -0.39 is 108 Å². The number of thioether (sulfide) groups is 1. The van der Waals surface area contributed by atoms with Crippen LogP contribution >= 0.6 is 11.8 Å². The lowest BCUT2D eigenvalue weighted by Crippen LogP contribution is -2.60. The number of benzene rings is 3. The second-order valence-corrected chi connectivity index (χ2v) is 20.8. The van der Waals surface area contributed by atoms with Crippen molar-refractivity contribution in [1.29, 1.82) is 0 Å². The fourth-order valence-corrected chi connectivity index (χ4v) is 10.1. The second-order valence-electron chi connectivity index (χ2n) is 19.8. The number of hydrogen-bond donors (Lipinski definition) is 8. The van der Waals surface area contributed by atoms with E-state index in [1.54, 1.807) is 99.6 Å². The molecule has 2 heterocycles. The van der Waals surface area contributed by atoms with Gasteiger partial charge in [-0.25, -0.2) is 14.0 Å². The predicted molar refractivity (Wildman–Crippen MR) is 276 cm³/mol. The lowest BCUT2D eigenvalue weighted by molar-refractivity contribution is -0.142. The van der Waals surface area contributed by atoms with Gasteiger partial charge in [0.25, 0.3) is 5.91 Å². The van der Waals surface area contributed by atoms with Gasteiger partial charge >= 0.3 is 12.1 Å². The first-order valence-electron chi connectivity index (χ1n) is 24.8. The van der Waals surface area contributed by atoms with Gasteiger partial charge in [-0.15, -0.1) is 0 Å². The molecule has 9 N–H and O–H groups in total. The number of nitrogens with one attached hydrogen (secondary N) is 5. The largest absolute Gasteiger partial charge is 0.480 e. The number of aromatic nitrogens is 1. The number of aliphatic hydroxyl groups excluding tert-OH is 1. The number of aliphatic hydroxyl groups is 1. The molecule has 0 radical (unpaired) electrons. The van der Waals surface area contributed by atoms with Crippen LogP contribution in [0.2, 0.25) is 0 Å². The number of likely N-dealkylation sites (tertiary alicyclic amines) is 1. The molecule has 6 rings (SSSR count). The molecule has 2 fully saturated rings. The Labute approximate surface area is 433 Å².